The van der Waals surface area contributed by atoms with Crippen molar-refractivity contribution in [2.45, 2.75) is 17.5 Å². The predicted molar refractivity (Wildman–Crippen MR) is 62.1 cm³/mol. The van der Waals surface area contributed by atoms with Gasteiger partial charge in [-0.1, -0.05) is 35.7 Å². The standard InChI is InChI=1S/C9H12N.C2H5.Al.H/c1-8-6-4-5-7-9(8)10(2)3;1-2;;/h4-7H,1H2,2-3H3;1H2,2H3;;. The normalized spacial score (nSPS) is 9.77. The maximum Gasteiger partial charge on any atom is 0.242 e. The van der Waals surface area contributed by atoms with E-state index in [4.69, 9.17) is 0 Å². The fourth-order valence-electron chi connectivity index (χ4n) is 1.53. The van der Waals surface area contributed by atoms with E-state index >= 15 is 0 Å². The summed E-state index contributed by atoms with van der Waals surface area (Å²) in [5, 5.41) is 2.74. The summed E-state index contributed by atoms with van der Waals surface area (Å²) in [4.78, 5) is 2.21. The van der Waals surface area contributed by atoms with Crippen LogP contribution in [0.2, 0.25) is 5.28 Å². The minimum Gasteiger partial charge on any atom is -0.377 e. The van der Waals surface area contributed by atoms with Crippen molar-refractivity contribution in [1.82, 2.24) is 0 Å². The Morgan fingerprint density at radius 1 is 1.23 bits per heavy atom. The fraction of sp³-hybridized carbons (Fsp3) is 0.455. The molecule has 0 saturated carbocycles. The van der Waals surface area contributed by atoms with Gasteiger partial charge in [-0.25, -0.2) is 0 Å². The number of rotatable bonds is 4. The number of para-hydroxylation sites is 1. The molecule has 0 aliphatic heterocycles. The zero-order valence-corrected chi connectivity index (χ0v) is 10.3. The average Bonchev–Trinajstić information content (AvgIpc) is 2.15. The minimum atomic E-state index is 0.143. The molecule has 1 rings (SSSR count). The number of hydrogen-bond acceptors (Lipinski definition) is 1. The van der Waals surface area contributed by atoms with Crippen molar-refractivity contribution in [2.75, 3.05) is 19.0 Å². The highest BCUT2D eigenvalue weighted by molar-refractivity contribution is 6.34. The Balaban J connectivity index is 2.78. The van der Waals surface area contributed by atoms with Gasteiger partial charge in [0.2, 0.25) is 15.2 Å². The summed E-state index contributed by atoms with van der Waals surface area (Å²) in [6.07, 6.45) is 0. The van der Waals surface area contributed by atoms with E-state index in [1.54, 1.807) is 0 Å². The van der Waals surface area contributed by atoms with E-state index in [-0.39, 0.29) is 15.2 Å². The maximum atomic E-state index is 2.30. The maximum absolute atomic E-state index is 2.30. The molecule has 0 bridgehead atoms. The van der Waals surface area contributed by atoms with E-state index in [1.165, 1.54) is 21.8 Å². The van der Waals surface area contributed by atoms with Crippen LogP contribution in [0.15, 0.2) is 24.3 Å². The van der Waals surface area contributed by atoms with Crippen LogP contribution in [0, 0.1) is 0 Å². The number of hydrogen-bond donors (Lipinski definition) is 0. The fourth-order valence-corrected chi connectivity index (χ4v) is 2.68. The molecule has 0 fully saturated rings. The van der Waals surface area contributed by atoms with Gasteiger partial charge in [0, 0.05) is 19.8 Å². The van der Waals surface area contributed by atoms with Crippen molar-refractivity contribution in [3.05, 3.63) is 29.8 Å². The molecule has 0 spiro atoms. The lowest BCUT2D eigenvalue weighted by molar-refractivity contribution is 1.11. The van der Waals surface area contributed by atoms with Gasteiger partial charge >= 0.3 is 0 Å². The van der Waals surface area contributed by atoms with E-state index < -0.39 is 0 Å². The molecule has 0 aliphatic rings. The summed E-state index contributed by atoms with van der Waals surface area (Å²) in [6, 6.07) is 8.73. The van der Waals surface area contributed by atoms with Crippen LogP contribution < -0.4 is 4.90 Å². The summed E-state index contributed by atoms with van der Waals surface area (Å²) < 4.78 is 0. The Labute approximate surface area is 87.5 Å². The van der Waals surface area contributed by atoms with Crippen LogP contribution in [0.5, 0.6) is 0 Å². The molecule has 0 heterocycles. The number of anilines is 1. The van der Waals surface area contributed by atoms with E-state index in [1.807, 2.05) is 0 Å². The van der Waals surface area contributed by atoms with Gasteiger partial charge in [-0.15, -0.1) is 0 Å². The highest BCUT2D eigenvalue weighted by atomic mass is 27.1. The first-order valence-electron chi connectivity index (χ1n) is 5.01. The highest BCUT2D eigenvalue weighted by Gasteiger charge is 2.02. The minimum absolute atomic E-state index is 0.143. The molecular formula is C11H18AlN. The number of nitrogens with zero attached hydrogens (tertiary/aromatic N) is 1. The molecule has 0 aromatic heterocycles. The van der Waals surface area contributed by atoms with Crippen LogP contribution >= 0.6 is 0 Å². The lowest BCUT2D eigenvalue weighted by Gasteiger charge is -2.16. The quantitative estimate of drug-likeness (QED) is 0.659. The predicted octanol–water partition coefficient (Wildman–Crippen LogP) is 2.13. The van der Waals surface area contributed by atoms with E-state index in [9.17, 15) is 0 Å². The Morgan fingerprint density at radius 2 is 1.92 bits per heavy atom. The van der Waals surface area contributed by atoms with Crippen molar-refractivity contribution in [1.29, 1.82) is 0 Å². The second-order valence-corrected chi connectivity index (χ2v) is 5.83. The van der Waals surface area contributed by atoms with E-state index in [0.717, 1.165) is 0 Å². The molecule has 0 aliphatic carbocycles. The second kappa shape index (κ2) is 5.32. The Hall–Kier alpha value is -0.448. The van der Waals surface area contributed by atoms with E-state index in [0.29, 0.717) is 0 Å². The first kappa shape index (κ1) is 10.6. The Bertz CT molecular complexity index is 258. The second-order valence-electron chi connectivity index (χ2n) is 3.63. The van der Waals surface area contributed by atoms with Gasteiger partial charge in [0.05, 0.1) is 0 Å². The third kappa shape index (κ3) is 3.06. The number of benzene rings is 1. The topological polar surface area (TPSA) is 3.24 Å². The van der Waals surface area contributed by atoms with Crippen LogP contribution in [0.3, 0.4) is 0 Å². The molecule has 1 nitrogen and oxygen atoms in total. The zero-order chi connectivity index (χ0) is 9.68. The molecule has 13 heavy (non-hydrogen) atoms. The van der Waals surface area contributed by atoms with Gasteiger partial charge in [0.15, 0.2) is 0 Å². The lowest BCUT2D eigenvalue weighted by atomic mass is 10.2. The molecule has 0 amide bonds. The molecule has 0 radical (unpaired) electrons. The highest BCUT2D eigenvalue weighted by Crippen LogP contribution is 2.17. The third-order valence-electron chi connectivity index (χ3n) is 2.27. The van der Waals surface area contributed by atoms with Gasteiger partial charge in [-0.3, -0.25) is 0 Å². The molecule has 0 N–H and O–H groups in total. The molecular weight excluding hydrogens is 173 g/mol. The molecule has 2 heteroatoms. The zero-order valence-electron chi connectivity index (χ0n) is 8.88. The van der Waals surface area contributed by atoms with Crippen molar-refractivity contribution in [3.63, 3.8) is 0 Å². The summed E-state index contributed by atoms with van der Waals surface area (Å²) >= 11 is 0.143. The average molecular weight is 191 g/mol. The summed E-state index contributed by atoms with van der Waals surface area (Å²) in [5.74, 6) is 0. The molecule has 1 aromatic carbocycles. The van der Waals surface area contributed by atoms with Gasteiger partial charge in [-0.2, -0.15) is 0 Å². The van der Waals surface area contributed by atoms with Gasteiger partial charge < -0.3 is 4.90 Å². The first-order chi connectivity index (χ1) is 6.25. The van der Waals surface area contributed by atoms with Crippen molar-refractivity contribution < 1.29 is 0 Å². The monoisotopic (exact) mass is 191 g/mol. The summed E-state index contributed by atoms with van der Waals surface area (Å²) in [5.41, 5.74) is 2.92. The first-order valence-corrected chi connectivity index (χ1v) is 7.01. The van der Waals surface area contributed by atoms with Crippen molar-refractivity contribution >= 4 is 20.9 Å². The Kier molecular flexibility index (Phi) is 4.35. The largest absolute Gasteiger partial charge is 0.377 e. The SMILES string of the molecule is C[CH2][AlH][CH2]c1ccccc1N(C)C. The van der Waals surface area contributed by atoms with Gasteiger partial charge in [0.25, 0.3) is 0 Å². The molecule has 0 saturated heterocycles. The lowest BCUT2D eigenvalue weighted by Crippen LogP contribution is -2.12. The smallest absolute Gasteiger partial charge is 0.242 e. The molecule has 1 aromatic rings. The van der Waals surface area contributed by atoms with Crippen LogP contribution in [0.1, 0.15) is 12.5 Å². The Morgan fingerprint density at radius 3 is 2.54 bits per heavy atom. The van der Waals surface area contributed by atoms with Crippen LogP contribution in [-0.4, -0.2) is 29.3 Å². The molecule has 70 valence electrons. The van der Waals surface area contributed by atoms with Gasteiger partial charge in [0.1, 0.15) is 0 Å². The van der Waals surface area contributed by atoms with E-state index in [2.05, 4.69) is 50.2 Å². The van der Waals surface area contributed by atoms with Crippen LogP contribution in [0.4, 0.5) is 5.69 Å². The summed E-state index contributed by atoms with van der Waals surface area (Å²) in [7, 11) is 4.23. The van der Waals surface area contributed by atoms with Crippen molar-refractivity contribution in [3.8, 4) is 0 Å². The van der Waals surface area contributed by atoms with Crippen molar-refractivity contribution in [2.24, 2.45) is 0 Å². The van der Waals surface area contributed by atoms with Crippen LogP contribution in [0.25, 0.3) is 0 Å². The summed E-state index contributed by atoms with van der Waals surface area (Å²) in [6.45, 7) is 2.30. The molecule has 0 unspecified atom stereocenters. The van der Waals surface area contributed by atoms with Crippen LogP contribution in [-0.2, 0) is 5.28 Å². The van der Waals surface area contributed by atoms with Gasteiger partial charge in [-0.05, 0) is 11.6 Å². The third-order valence-corrected chi connectivity index (χ3v) is 3.87. The molecule has 0 atom stereocenters.